The molecule has 1 aliphatic heterocycles. The normalized spacial score (nSPS) is 25.8. The van der Waals surface area contributed by atoms with E-state index in [1.165, 1.54) is 11.3 Å². The van der Waals surface area contributed by atoms with Crippen LogP contribution in [0.3, 0.4) is 0 Å². The van der Waals surface area contributed by atoms with Crippen LogP contribution in [-0.2, 0) is 16.6 Å². The molecule has 1 saturated heterocycles. The van der Waals surface area contributed by atoms with Crippen LogP contribution in [0.25, 0.3) is 0 Å². The van der Waals surface area contributed by atoms with Crippen LogP contribution in [0.4, 0.5) is 0 Å². The fourth-order valence-electron chi connectivity index (χ4n) is 2.17. The van der Waals surface area contributed by atoms with Gasteiger partial charge in [0.1, 0.15) is 4.21 Å². The van der Waals surface area contributed by atoms with E-state index in [1.807, 2.05) is 6.92 Å². The van der Waals surface area contributed by atoms with Crippen molar-refractivity contribution >= 4 is 21.4 Å². The first-order chi connectivity index (χ1) is 8.36. The van der Waals surface area contributed by atoms with Crippen molar-refractivity contribution in [2.24, 2.45) is 11.8 Å². The van der Waals surface area contributed by atoms with Gasteiger partial charge in [-0.25, -0.2) is 8.42 Å². The predicted molar refractivity (Wildman–Crippen MR) is 72.1 cm³/mol. The molecule has 0 bridgehead atoms. The molecular formula is C12H19NO3S2. The Morgan fingerprint density at radius 2 is 1.94 bits per heavy atom. The number of sulfonamides is 1. The van der Waals surface area contributed by atoms with Gasteiger partial charge in [0.25, 0.3) is 10.0 Å². The molecule has 2 atom stereocenters. The van der Waals surface area contributed by atoms with Gasteiger partial charge in [0.15, 0.2) is 0 Å². The quantitative estimate of drug-likeness (QED) is 0.923. The summed E-state index contributed by atoms with van der Waals surface area (Å²) in [6.45, 7) is 7.08. The lowest BCUT2D eigenvalue weighted by Gasteiger charge is -2.14. The Kier molecular flexibility index (Phi) is 3.82. The predicted octanol–water partition coefficient (Wildman–Crippen LogP) is 1.83. The second-order valence-electron chi connectivity index (χ2n) is 5.11. The lowest BCUT2D eigenvalue weighted by molar-refractivity contribution is 0.285. The minimum atomic E-state index is -3.38. The third-order valence-electron chi connectivity index (χ3n) is 3.69. The highest BCUT2D eigenvalue weighted by atomic mass is 32.2. The van der Waals surface area contributed by atoms with Crippen molar-refractivity contribution in [1.82, 2.24) is 4.31 Å². The fourth-order valence-corrected chi connectivity index (χ4v) is 5.42. The molecule has 102 valence electrons. The van der Waals surface area contributed by atoms with Gasteiger partial charge in [0.05, 0.1) is 6.61 Å². The van der Waals surface area contributed by atoms with E-state index >= 15 is 0 Å². The molecule has 2 rings (SSSR count). The molecule has 18 heavy (non-hydrogen) atoms. The van der Waals surface area contributed by atoms with Gasteiger partial charge < -0.3 is 5.11 Å². The molecule has 0 radical (unpaired) electrons. The van der Waals surface area contributed by atoms with Gasteiger partial charge in [-0.1, -0.05) is 13.8 Å². The van der Waals surface area contributed by atoms with Crippen molar-refractivity contribution in [3.05, 3.63) is 16.5 Å². The van der Waals surface area contributed by atoms with Crippen LogP contribution in [-0.4, -0.2) is 30.9 Å². The van der Waals surface area contributed by atoms with Crippen molar-refractivity contribution in [3.8, 4) is 0 Å². The summed E-state index contributed by atoms with van der Waals surface area (Å²) in [5.74, 6) is 0.802. The van der Waals surface area contributed by atoms with E-state index in [2.05, 4.69) is 13.8 Å². The van der Waals surface area contributed by atoms with Gasteiger partial charge >= 0.3 is 0 Å². The Labute approximate surface area is 112 Å². The van der Waals surface area contributed by atoms with Crippen LogP contribution in [0.1, 0.15) is 24.3 Å². The van der Waals surface area contributed by atoms with E-state index in [-0.39, 0.29) is 6.61 Å². The summed E-state index contributed by atoms with van der Waals surface area (Å²) in [5, 5.41) is 9.15. The lowest BCUT2D eigenvalue weighted by Crippen LogP contribution is -2.28. The maximum absolute atomic E-state index is 12.5. The molecule has 2 heterocycles. The molecule has 1 fully saturated rings. The molecule has 1 N–H and O–H groups in total. The van der Waals surface area contributed by atoms with Crippen molar-refractivity contribution in [1.29, 1.82) is 0 Å². The van der Waals surface area contributed by atoms with Crippen molar-refractivity contribution in [2.45, 2.75) is 31.6 Å². The average molecular weight is 289 g/mol. The van der Waals surface area contributed by atoms with Gasteiger partial charge in [0, 0.05) is 18.0 Å². The number of nitrogens with zero attached hydrogens (tertiary/aromatic N) is 1. The highest BCUT2D eigenvalue weighted by Crippen LogP contribution is 2.32. The largest absolute Gasteiger partial charge is 0.391 e. The Hall–Kier alpha value is -0.430. The van der Waals surface area contributed by atoms with Crippen LogP contribution in [0.5, 0.6) is 0 Å². The number of aryl methyl sites for hydroxylation is 1. The number of aliphatic hydroxyl groups excluding tert-OH is 1. The standard InChI is InChI=1S/C12H19NO3S2/c1-8-4-12(17-11(8)7-14)18(15,16)13-5-9(2)10(3)6-13/h4,9-10,14H,5-7H2,1-3H3. The average Bonchev–Trinajstić information content (AvgIpc) is 2.84. The van der Waals surface area contributed by atoms with Crippen LogP contribution < -0.4 is 0 Å². The van der Waals surface area contributed by atoms with Crippen LogP contribution in [0.2, 0.25) is 0 Å². The fraction of sp³-hybridized carbons (Fsp3) is 0.667. The number of thiophene rings is 1. The van der Waals surface area contributed by atoms with Gasteiger partial charge in [-0.2, -0.15) is 4.31 Å². The van der Waals surface area contributed by atoms with E-state index in [4.69, 9.17) is 5.11 Å². The Bertz CT molecular complexity index is 526. The molecule has 0 aromatic carbocycles. The summed E-state index contributed by atoms with van der Waals surface area (Å²) in [6.07, 6.45) is 0. The van der Waals surface area contributed by atoms with Crippen LogP contribution >= 0.6 is 11.3 Å². The van der Waals surface area contributed by atoms with Gasteiger partial charge in [-0.3, -0.25) is 0 Å². The molecule has 0 aliphatic carbocycles. The first-order valence-corrected chi connectivity index (χ1v) is 8.32. The van der Waals surface area contributed by atoms with Crippen molar-refractivity contribution < 1.29 is 13.5 Å². The Balaban J connectivity index is 2.31. The molecule has 2 unspecified atom stereocenters. The molecule has 4 nitrogen and oxygen atoms in total. The molecular weight excluding hydrogens is 270 g/mol. The molecule has 6 heteroatoms. The summed E-state index contributed by atoms with van der Waals surface area (Å²) < 4.78 is 26.8. The lowest BCUT2D eigenvalue weighted by atomic mass is 10.0. The third kappa shape index (κ3) is 2.34. The third-order valence-corrected chi connectivity index (χ3v) is 7.19. The summed E-state index contributed by atoms with van der Waals surface area (Å²) in [4.78, 5) is 0.730. The molecule has 0 amide bonds. The zero-order valence-electron chi connectivity index (χ0n) is 10.9. The first kappa shape index (κ1) is 14.0. The summed E-state index contributed by atoms with van der Waals surface area (Å²) in [6, 6.07) is 1.67. The van der Waals surface area contributed by atoms with E-state index < -0.39 is 10.0 Å². The van der Waals surface area contributed by atoms with Gasteiger partial charge in [-0.15, -0.1) is 11.3 Å². The molecule has 1 aliphatic rings. The maximum atomic E-state index is 12.5. The highest BCUT2D eigenvalue weighted by Gasteiger charge is 2.35. The first-order valence-electron chi connectivity index (χ1n) is 6.06. The number of rotatable bonds is 3. The van der Waals surface area contributed by atoms with E-state index in [0.29, 0.717) is 29.1 Å². The van der Waals surface area contributed by atoms with Gasteiger partial charge in [-0.05, 0) is 30.4 Å². The van der Waals surface area contributed by atoms with E-state index in [0.717, 1.165) is 10.4 Å². The zero-order chi connectivity index (χ0) is 13.5. The van der Waals surface area contributed by atoms with Gasteiger partial charge in [0.2, 0.25) is 0 Å². The number of hydrogen-bond acceptors (Lipinski definition) is 4. The SMILES string of the molecule is Cc1cc(S(=O)(=O)N2CC(C)C(C)C2)sc1CO. The second kappa shape index (κ2) is 4.92. The topological polar surface area (TPSA) is 57.6 Å². The molecule has 1 aromatic heterocycles. The van der Waals surface area contributed by atoms with E-state index in [1.54, 1.807) is 10.4 Å². The van der Waals surface area contributed by atoms with Crippen molar-refractivity contribution in [3.63, 3.8) is 0 Å². The molecule has 0 saturated carbocycles. The zero-order valence-corrected chi connectivity index (χ0v) is 12.5. The Morgan fingerprint density at radius 1 is 1.39 bits per heavy atom. The maximum Gasteiger partial charge on any atom is 0.252 e. The summed E-state index contributed by atoms with van der Waals surface area (Å²) in [7, 11) is -3.38. The summed E-state index contributed by atoms with van der Waals surface area (Å²) >= 11 is 1.18. The minimum absolute atomic E-state index is 0.0984. The van der Waals surface area contributed by atoms with Crippen molar-refractivity contribution in [2.75, 3.05) is 13.1 Å². The molecule has 0 spiro atoms. The van der Waals surface area contributed by atoms with Crippen LogP contribution in [0.15, 0.2) is 10.3 Å². The molecule has 1 aromatic rings. The number of hydrogen-bond donors (Lipinski definition) is 1. The summed E-state index contributed by atoms with van der Waals surface area (Å²) in [5.41, 5.74) is 0.848. The highest BCUT2D eigenvalue weighted by molar-refractivity contribution is 7.91. The number of aliphatic hydroxyl groups is 1. The second-order valence-corrected chi connectivity index (χ2v) is 8.41. The minimum Gasteiger partial charge on any atom is -0.391 e. The Morgan fingerprint density at radius 3 is 2.39 bits per heavy atom. The monoisotopic (exact) mass is 289 g/mol. The van der Waals surface area contributed by atoms with Crippen LogP contribution in [0, 0.1) is 18.8 Å². The smallest absolute Gasteiger partial charge is 0.252 e. The van der Waals surface area contributed by atoms with E-state index in [9.17, 15) is 8.42 Å².